The predicted molar refractivity (Wildman–Crippen MR) is 146 cm³/mol. The third kappa shape index (κ3) is 5.06. The number of thiophene rings is 1. The third-order valence-electron chi connectivity index (χ3n) is 7.38. The van der Waals surface area contributed by atoms with Gasteiger partial charge in [-0.15, -0.1) is 22.7 Å². The first kappa shape index (κ1) is 26.0. The van der Waals surface area contributed by atoms with Gasteiger partial charge >= 0.3 is 6.18 Å². The number of aromatic nitrogens is 1. The number of nitrogens with one attached hydrogen (secondary N) is 1. The highest BCUT2D eigenvalue weighted by Gasteiger charge is 2.36. The van der Waals surface area contributed by atoms with Crippen LogP contribution in [0.4, 0.5) is 13.2 Å². The molecule has 11 heteroatoms. The molecule has 4 aromatic rings. The molecule has 1 atom stereocenters. The summed E-state index contributed by atoms with van der Waals surface area (Å²) in [7, 11) is 0. The summed E-state index contributed by atoms with van der Waals surface area (Å²) in [6.07, 6.45) is -1.90. The van der Waals surface area contributed by atoms with E-state index in [1.54, 1.807) is 23.7 Å². The minimum atomic E-state index is -4.40. The van der Waals surface area contributed by atoms with Crippen molar-refractivity contribution in [2.24, 2.45) is 0 Å². The van der Waals surface area contributed by atoms with Gasteiger partial charge in [0, 0.05) is 54.5 Å². The highest BCUT2D eigenvalue weighted by molar-refractivity contribution is 7.21. The Kier molecular flexibility index (Phi) is 6.68. The number of aryl methyl sites for hydroxylation is 1. The van der Waals surface area contributed by atoms with Crippen molar-refractivity contribution in [3.05, 3.63) is 75.1 Å². The van der Waals surface area contributed by atoms with Crippen molar-refractivity contribution in [3.8, 4) is 11.1 Å². The summed E-state index contributed by atoms with van der Waals surface area (Å²) in [6.45, 7) is 4.41. The van der Waals surface area contributed by atoms with Crippen molar-refractivity contribution in [1.82, 2.24) is 20.1 Å². The Hall–Kier alpha value is -3.28. The summed E-state index contributed by atoms with van der Waals surface area (Å²) in [4.78, 5) is 34.2. The lowest BCUT2D eigenvalue weighted by atomic mass is 10.00. The monoisotopic (exact) mass is 570 g/mol. The van der Waals surface area contributed by atoms with Gasteiger partial charge in [-0.1, -0.05) is 18.2 Å². The third-order valence-corrected chi connectivity index (χ3v) is 9.41. The first-order valence-electron chi connectivity index (χ1n) is 12.6. The number of rotatable bonds is 5. The van der Waals surface area contributed by atoms with Crippen LogP contribution in [0.25, 0.3) is 21.2 Å². The fourth-order valence-electron chi connectivity index (χ4n) is 5.25. The largest absolute Gasteiger partial charge is 0.416 e. The van der Waals surface area contributed by atoms with Crippen LogP contribution in [0.3, 0.4) is 0 Å². The van der Waals surface area contributed by atoms with Crippen molar-refractivity contribution < 1.29 is 22.8 Å². The quantitative estimate of drug-likeness (QED) is 0.335. The molecule has 2 amide bonds. The van der Waals surface area contributed by atoms with E-state index in [2.05, 4.69) is 10.3 Å². The summed E-state index contributed by atoms with van der Waals surface area (Å²) in [5.74, 6) is -0.0597. The minimum absolute atomic E-state index is 0.0284. The number of alkyl halides is 3. The second-order valence-electron chi connectivity index (χ2n) is 9.99. The van der Waals surface area contributed by atoms with Gasteiger partial charge < -0.3 is 15.1 Å². The van der Waals surface area contributed by atoms with E-state index in [0.717, 1.165) is 34.2 Å². The normalized spacial score (nSPS) is 18.1. The van der Waals surface area contributed by atoms with Gasteiger partial charge in [0.1, 0.15) is 0 Å². The SMILES string of the molecule is Cc1c(C(=O)N2CC(N[C@H]3CCN(C(=O)c4nccs4)C3)C2)sc2ccc(-c3cccc(C(F)(F)F)c3)cc12. The molecule has 0 unspecified atom stereocenters. The number of hydrogen-bond acceptors (Lipinski definition) is 6. The lowest BCUT2D eigenvalue weighted by Gasteiger charge is -2.41. The van der Waals surface area contributed by atoms with E-state index in [0.29, 0.717) is 47.2 Å². The van der Waals surface area contributed by atoms with Crippen LogP contribution < -0.4 is 5.32 Å². The lowest BCUT2D eigenvalue weighted by Crippen LogP contribution is -2.62. The number of halogens is 3. The molecular weight excluding hydrogens is 545 g/mol. The molecule has 0 radical (unpaired) electrons. The van der Waals surface area contributed by atoms with Gasteiger partial charge in [0.2, 0.25) is 0 Å². The second kappa shape index (κ2) is 10.0. The average molecular weight is 571 g/mol. The lowest BCUT2D eigenvalue weighted by molar-refractivity contribution is -0.137. The topological polar surface area (TPSA) is 65.5 Å². The smallest absolute Gasteiger partial charge is 0.335 e. The highest BCUT2D eigenvalue weighted by atomic mass is 32.1. The zero-order valence-electron chi connectivity index (χ0n) is 21.0. The number of nitrogens with zero attached hydrogens (tertiary/aromatic N) is 3. The Morgan fingerprint density at radius 2 is 1.77 bits per heavy atom. The van der Waals surface area contributed by atoms with Crippen molar-refractivity contribution in [2.45, 2.75) is 31.6 Å². The van der Waals surface area contributed by atoms with E-state index in [9.17, 15) is 22.8 Å². The van der Waals surface area contributed by atoms with Gasteiger partial charge in [0.25, 0.3) is 11.8 Å². The Morgan fingerprint density at radius 1 is 1.00 bits per heavy atom. The molecule has 4 heterocycles. The van der Waals surface area contributed by atoms with Gasteiger partial charge in [-0.2, -0.15) is 13.2 Å². The molecule has 39 heavy (non-hydrogen) atoms. The number of amides is 2. The highest BCUT2D eigenvalue weighted by Crippen LogP contribution is 2.37. The number of likely N-dealkylation sites (tertiary alicyclic amines) is 2. The summed E-state index contributed by atoms with van der Waals surface area (Å²) >= 11 is 2.76. The van der Waals surface area contributed by atoms with E-state index in [1.807, 2.05) is 28.9 Å². The van der Waals surface area contributed by atoms with Crippen LogP contribution in [-0.4, -0.2) is 64.9 Å². The number of fused-ring (bicyclic) bond motifs is 1. The van der Waals surface area contributed by atoms with Crippen LogP contribution in [0.5, 0.6) is 0 Å². The zero-order chi connectivity index (χ0) is 27.3. The van der Waals surface area contributed by atoms with Crippen LogP contribution in [0.15, 0.2) is 54.0 Å². The molecule has 2 aromatic carbocycles. The van der Waals surface area contributed by atoms with E-state index in [4.69, 9.17) is 0 Å². The zero-order valence-corrected chi connectivity index (χ0v) is 22.6. The van der Waals surface area contributed by atoms with Gasteiger partial charge in [-0.3, -0.25) is 9.59 Å². The van der Waals surface area contributed by atoms with Crippen molar-refractivity contribution in [3.63, 3.8) is 0 Å². The minimum Gasteiger partial charge on any atom is -0.335 e. The summed E-state index contributed by atoms with van der Waals surface area (Å²) in [5.41, 5.74) is 1.33. The van der Waals surface area contributed by atoms with Crippen molar-refractivity contribution in [1.29, 1.82) is 0 Å². The molecule has 6 rings (SSSR count). The molecule has 2 saturated heterocycles. The molecule has 2 aliphatic heterocycles. The second-order valence-corrected chi connectivity index (χ2v) is 11.9. The average Bonchev–Trinajstić information content (AvgIpc) is 3.66. The first-order chi connectivity index (χ1) is 18.7. The summed E-state index contributed by atoms with van der Waals surface area (Å²) in [5, 5.41) is 6.77. The van der Waals surface area contributed by atoms with Crippen LogP contribution >= 0.6 is 22.7 Å². The van der Waals surface area contributed by atoms with Gasteiger partial charge in [0.05, 0.1) is 10.4 Å². The van der Waals surface area contributed by atoms with E-state index in [1.165, 1.54) is 28.7 Å². The Bertz CT molecular complexity index is 1540. The molecule has 2 fully saturated rings. The Morgan fingerprint density at radius 3 is 2.51 bits per heavy atom. The predicted octanol–water partition coefficient (Wildman–Crippen LogP) is 5.68. The van der Waals surface area contributed by atoms with Crippen LogP contribution in [0.2, 0.25) is 0 Å². The number of hydrogen-bond donors (Lipinski definition) is 1. The molecular formula is C28H25F3N4O2S2. The van der Waals surface area contributed by atoms with Crippen molar-refractivity contribution >= 4 is 44.6 Å². The maximum atomic E-state index is 13.3. The number of carbonyl (C=O) groups excluding carboxylic acids is 2. The molecule has 1 N–H and O–H groups in total. The van der Waals surface area contributed by atoms with Crippen LogP contribution in [0, 0.1) is 6.92 Å². The van der Waals surface area contributed by atoms with E-state index >= 15 is 0 Å². The van der Waals surface area contributed by atoms with E-state index in [-0.39, 0.29) is 23.9 Å². The first-order valence-corrected chi connectivity index (χ1v) is 14.3. The maximum absolute atomic E-state index is 13.3. The molecule has 0 aliphatic carbocycles. The Labute approximate surface area is 231 Å². The molecule has 202 valence electrons. The molecule has 0 bridgehead atoms. The molecule has 2 aliphatic rings. The van der Waals surface area contributed by atoms with Crippen molar-refractivity contribution in [2.75, 3.05) is 26.2 Å². The summed E-state index contributed by atoms with van der Waals surface area (Å²) < 4.78 is 40.5. The van der Waals surface area contributed by atoms with E-state index < -0.39 is 11.7 Å². The molecule has 0 spiro atoms. The van der Waals surface area contributed by atoms with Crippen LogP contribution in [0.1, 0.15) is 37.0 Å². The molecule has 2 aromatic heterocycles. The Balaban J connectivity index is 1.09. The van der Waals surface area contributed by atoms with Gasteiger partial charge in [-0.05, 0) is 59.7 Å². The number of benzene rings is 2. The van der Waals surface area contributed by atoms with Gasteiger partial charge in [-0.25, -0.2) is 4.98 Å². The molecule has 6 nitrogen and oxygen atoms in total. The van der Waals surface area contributed by atoms with Crippen LogP contribution in [-0.2, 0) is 6.18 Å². The van der Waals surface area contributed by atoms with Gasteiger partial charge in [0.15, 0.2) is 5.01 Å². The molecule has 0 saturated carbocycles. The number of carbonyl (C=O) groups is 2. The maximum Gasteiger partial charge on any atom is 0.416 e. The summed E-state index contributed by atoms with van der Waals surface area (Å²) in [6, 6.07) is 11.2. The number of thiazole rings is 1. The standard InChI is InChI=1S/C28H25F3N4O2S2/c1-16-22-12-18(17-3-2-4-19(11-17)28(29,30)31)5-6-23(22)39-24(16)26(36)35-14-21(15-35)33-20-7-9-34(13-20)27(37)25-32-8-10-38-25/h2-6,8,10-12,20-21,33H,7,9,13-15H2,1H3/t20-/m0/s1. The fourth-order valence-corrected chi connectivity index (χ4v) is 7.01. The fraction of sp³-hybridized carbons (Fsp3) is 0.321.